The van der Waals surface area contributed by atoms with Gasteiger partial charge in [0.05, 0.1) is 10.6 Å². The van der Waals surface area contributed by atoms with Crippen molar-refractivity contribution in [2.75, 3.05) is 5.73 Å². The molecule has 68 valence electrons. The molecule has 6 heteroatoms. The molecule has 0 aliphatic heterocycles. The van der Waals surface area contributed by atoms with Crippen LogP contribution in [0.3, 0.4) is 0 Å². The fraction of sp³-hybridized carbons (Fsp3) is 0.286. The molecule has 0 spiro atoms. The van der Waals surface area contributed by atoms with Crippen molar-refractivity contribution in [2.45, 2.75) is 6.92 Å². The van der Waals surface area contributed by atoms with Gasteiger partial charge in [-0.2, -0.15) is 5.10 Å². The van der Waals surface area contributed by atoms with Crippen LogP contribution in [-0.4, -0.2) is 19.7 Å². The first-order valence-electron chi connectivity index (χ1n) is 3.75. The van der Waals surface area contributed by atoms with E-state index in [9.17, 15) is 0 Å². The van der Waals surface area contributed by atoms with E-state index in [1.807, 2.05) is 14.0 Å². The summed E-state index contributed by atoms with van der Waals surface area (Å²) in [5.74, 6) is 0.812. The van der Waals surface area contributed by atoms with Gasteiger partial charge in [-0.15, -0.1) is 0 Å². The monoisotopic (exact) mass is 195 g/mol. The molecule has 0 aliphatic rings. The highest BCUT2D eigenvalue weighted by atomic mass is 32.1. The summed E-state index contributed by atoms with van der Waals surface area (Å²) in [7, 11) is 1.84. The molecule has 0 aromatic carbocycles. The number of hydrogen-bond acceptors (Lipinski definition) is 5. The van der Waals surface area contributed by atoms with Crippen molar-refractivity contribution in [1.29, 1.82) is 0 Å². The molecule has 0 amide bonds. The zero-order valence-electron chi connectivity index (χ0n) is 7.35. The van der Waals surface area contributed by atoms with E-state index in [4.69, 9.17) is 5.73 Å². The number of nitrogen functional groups attached to an aromatic ring is 1. The van der Waals surface area contributed by atoms with Crippen LogP contribution < -0.4 is 5.73 Å². The summed E-state index contributed by atoms with van der Waals surface area (Å²) in [6.45, 7) is 1.91. The van der Waals surface area contributed by atoms with E-state index in [1.165, 1.54) is 17.7 Å². The second-order valence-electron chi connectivity index (χ2n) is 2.67. The van der Waals surface area contributed by atoms with Crippen molar-refractivity contribution in [3.8, 4) is 10.7 Å². The smallest absolute Gasteiger partial charge is 0.180 e. The molecule has 0 unspecified atom stereocenters. The number of aryl methyl sites for hydroxylation is 2. The number of hydrogen-bond donors (Lipinski definition) is 1. The van der Waals surface area contributed by atoms with Crippen molar-refractivity contribution in [3.63, 3.8) is 0 Å². The average molecular weight is 195 g/mol. The van der Waals surface area contributed by atoms with Gasteiger partial charge in [-0.3, -0.25) is 0 Å². The summed E-state index contributed by atoms with van der Waals surface area (Å²) >= 11 is 1.43. The Kier molecular flexibility index (Phi) is 1.77. The van der Waals surface area contributed by atoms with Crippen LogP contribution in [0, 0.1) is 6.92 Å². The Hall–Kier alpha value is -1.43. The topological polar surface area (TPSA) is 69.6 Å². The van der Waals surface area contributed by atoms with E-state index in [2.05, 4.69) is 15.1 Å². The lowest BCUT2D eigenvalue weighted by atomic mass is 10.4. The minimum Gasteiger partial charge on any atom is -0.375 e. The molecule has 2 aromatic heterocycles. The molecule has 0 bridgehead atoms. The van der Waals surface area contributed by atoms with Crippen LogP contribution in [0.5, 0.6) is 0 Å². The third-order valence-corrected chi connectivity index (χ3v) is 2.71. The van der Waals surface area contributed by atoms with Crippen LogP contribution >= 0.6 is 11.3 Å². The molecule has 0 fully saturated rings. The maximum absolute atomic E-state index is 5.59. The molecule has 2 N–H and O–H groups in total. The molecule has 2 aromatic rings. The van der Waals surface area contributed by atoms with Crippen LogP contribution in [0.4, 0.5) is 5.13 Å². The molecule has 0 aliphatic carbocycles. The highest BCUT2D eigenvalue weighted by Gasteiger charge is 2.11. The first-order valence-corrected chi connectivity index (χ1v) is 4.57. The minimum absolute atomic E-state index is 0.565. The Balaban J connectivity index is 2.58. The molecule has 5 nitrogen and oxygen atoms in total. The van der Waals surface area contributed by atoms with E-state index in [0.717, 1.165) is 16.4 Å². The molecule has 2 heterocycles. The molecule has 0 saturated heterocycles. The first-order chi connectivity index (χ1) is 6.18. The lowest BCUT2D eigenvalue weighted by Crippen LogP contribution is -1.93. The van der Waals surface area contributed by atoms with Gasteiger partial charge in [0.25, 0.3) is 0 Å². The molecular formula is C7H9N5S. The highest BCUT2D eigenvalue weighted by Crippen LogP contribution is 2.28. The minimum atomic E-state index is 0.565. The largest absolute Gasteiger partial charge is 0.375 e. The number of anilines is 1. The molecular weight excluding hydrogens is 186 g/mol. The van der Waals surface area contributed by atoms with E-state index in [-0.39, 0.29) is 0 Å². The molecule has 2 rings (SSSR count). The van der Waals surface area contributed by atoms with Crippen molar-refractivity contribution >= 4 is 16.5 Å². The first kappa shape index (κ1) is 8.18. The lowest BCUT2D eigenvalue weighted by Gasteiger charge is -1.95. The fourth-order valence-corrected chi connectivity index (χ4v) is 1.99. The van der Waals surface area contributed by atoms with E-state index >= 15 is 0 Å². The third-order valence-electron chi connectivity index (χ3n) is 1.73. The van der Waals surface area contributed by atoms with E-state index < -0.39 is 0 Å². The number of aromatic nitrogens is 4. The van der Waals surface area contributed by atoms with E-state index in [0.29, 0.717) is 5.13 Å². The van der Waals surface area contributed by atoms with Crippen molar-refractivity contribution in [2.24, 2.45) is 7.05 Å². The summed E-state index contributed by atoms with van der Waals surface area (Å²) in [5.41, 5.74) is 6.49. The lowest BCUT2D eigenvalue weighted by molar-refractivity contribution is 0.775. The quantitative estimate of drug-likeness (QED) is 0.731. The van der Waals surface area contributed by atoms with Crippen LogP contribution in [-0.2, 0) is 7.05 Å². The van der Waals surface area contributed by atoms with Crippen molar-refractivity contribution < 1.29 is 0 Å². The number of nitrogens with two attached hydrogens (primary N) is 1. The summed E-state index contributed by atoms with van der Waals surface area (Å²) in [6, 6.07) is 0. The van der Waals surface area contributed by atoms with Crippen molar-refractivity contribution in [3.05, 3.63) is 12.0 Å². The third kappa shape index (κ3) is 1.29. The van der Waals surface area contributed by atoms with Gasteiger partial charge >= 0.3 is 0 Å². The van der Waals surface area contributed by atoms with Crippen molar-refractivity contribution in [1.82, 2.24) is 19.7 Å². The van der Waals surface area contributed by atoms with Gasteiger partial charge in [0, 0.05) is 7.05 Å². The van der Waals surface area contributed by atoms with Crippen LogP contribution in [0.15, 0.2) is 6.33 Å². The van der Waals surface area contributed by atoms with Crippen LogP contribution in [0.1, 0.15) is 5.69 Å². The second-order valence-corrected chi connectivity index (χ2v) is 3.70. The van der Waals surface area contributed by atoms with E-state index in [1.54, 1.807) is 4.68 Å². The van der Waals surface area contributed by atoms with Gasteiger partial charge in [0.1, 0.15) is 6.33 Å². The SMILES string of the molecule is Cc1nc(N)sc1-c1ncnn1C. The van der Waals surface area contributed by atoms with Gasteiger partial charge < -0.3 is 5.73 Å². The Morgan fingerprint density at radius 3 is 2.77 bits per heavy atom. The summed E-state index contributed by atoms with van der Waals surface area (Å²) in [4.78, 5) is 9.23. The van der Waals surface area contributed by atoms with Gasteiger partial charge in [0.2, 0.25) is 0 Å². The van der Waals surface area contributed by atoms with Gasteiger partial charge in [-0.25, -0.2) is 14.6 Å². The Bertz CT molecular complexity index is 430. The Labute approximate surface area is 79.2 Å². The Morgan fingerprint density at radius 2 is 2.31 bits per heavy atom. The number of thiazole rings is 1. The predicted molar refractivity (Wildman–Crippen MR) is 51.3 cm³/mol. The fourth-order valence-electron chi connectivity index (χ4n) is 1.13. The summed E-state index contributed by atoms with van der Waals surface area (Å²) in [5, 5.41) is 4.55. The van der Waals surface area contributed by atoms with Gasteiger partial charge in [0.15, 0.2) is 11.0 Å². The van der Waals surface area contributed by atoms with Crippen LogP contribution in [0.25, 0.3) is 10.7 Å². The number of nitrogens with zero attached hydrogens (tertiary/aromatic N) is 4. The number of rotatable bonds is 1. The predicted octanol–water partition coefficient (Wildman–Crippen LogP) is 0.829. The highest BCUT2D eigenvalue weighted by molar-refractivity contribution is 7.18. The average Bonchev–Trinajstić information content (AvgIpc) is 2.58. The van der Waals surface area contributed by atoms with Crippen LogP contribution in [0.2, 0.25) is 0 Å². The maximum Gasteiger partial charge on any atom is 0.180 e. The maximum atomic E-state index is 5.59. The summed E-state index contributed by atoms with van der Waals surface area (Å²) < 4.78 is 1.71. The zero-order valence-corrected chi connectivity index (χ0v) is 8.17. The van der Waals surface area contributed by atoms with Gasteiger partial charge in [-0.1, -0.05) is 11.3 Å². The molecule has 13 heavy (non-hydrogen) atoms. The standard InChI is InChI=1S/C7H9N5S/c1-4-5(13-7(8)11-4)6-9-3-10-12(6)2/h3H,1-2H3,(H2,8,11). The molecule has 0 saturated carbocycles. The zero-order chi connectivity index (χ0) is 9.42. The Morgan fingerprint density at radius 1 is 1.54 bits per heavy atom. The summed E-state index contributed by atoms with van der Waals surface area (Å²) in [6.07, 6.45) is 1.52. The second kappa shape index (κ2) is 2.81. The van der Waals surface area contributed by atoms with Gasteiger partial charge in [-0.05, 0) is 6.92 Å². The normalized spacial score (nSPS) is 10.6. The molecule has 0 atom stereocenters. The molecule has 0 radical (unpaired) electrons.